The Labute approximate surface area is 349 Å². The Morgan fingerprint density at radius 1 is 0.803 bits per heavy atom. The fourth-order valence-corrected chi connectivity index (χ4v) is 7.71. The van der Waals surface area contributed by atoms with Gasteiger partial charge in [0.1, 0.15) is 30.0 Å². The SMILES string of the molecule is CC[C@@H]([C@H](C)OCc1ccccc1)n1ncn(-c2ccc(N3CCN(c4ccc(-c5ccc(C(F)(F)[C@](O)(Cn6cnnn6)c6ccccc6F)nc5)cc4)CC3)cn2)c1=O. The van der Waals surface area contributed by atoms with Crippen LogP contribution < -0.4 is 15.5 Å². The zero-order valence-electron chi connectivity index (χ0n) is 33.5. The standard InChI is InChI=1S/C44H44F3N11O3/c1-3-39(31(2)61-27-32-9-5-4-6-10-32)58-42(59)57(30-51-58)41-20-18-36(26-49-41)55-23-21-54(22-24-55)35-16-13-33(14-17-35)34-15-19-40(48-25-34)44(46,47)43(60,28-56-29-50-52-53-56)37-11-7-8-12-38(37)45/h4-20,25-26,29-31,39,60H,3,21-24,27-28H2,1-2H3/t31-,39-,43-/m0/s1. The van der Waals surface area contributed by atoms with Gasteiger partial charge in [-0.15, -0.1) is 5.10 Å². The Bertz CT molecular complexity index is 2560. The van der Waals surface area contributed by atoms with Crippen LogP contribution in [0, 0.1) is 5.82 Å². The quantitative estimate of drug-likeness (QED) is 0.127. The molecule has 314 valence electrons. The van der Waals surface area contributed by atoms with Crippen LogP contribution in [0.2, 0.25) is 0 Å². The van der Waals surface area contributed by atoms with Crippen LogP contribution in [0.3, 0.4) is 0 Å². The number of nitrogens with zero attached hydrogens (tertiary/aromatic N) is 11. The number of hydrogen-bond acceptors (Lipinski definition) is 11. The van der Waals surface area contributed by atoms with Crippen LogP contribution in [-0.4, -0.2) is 81.9 Å². The first-order valence-corrected chi connectivity index (χ1v) is 20.0. The molecule has 0 amide bonds. The number of pyridine rings is 2. The molecule has 14 nitrogen and oxygen atoms in total. The summed E-state index contributed by atoms with van der Waals surface area (Å²) in [6, 6.07) is 28.7. The van der Waals surface area contributed by atoms with Gasteiger partial charge >= 0.3 is 11.6 Å². The molecule has 7 aromatic rings. The maximum atomic E-state index is 16.2. The van der Waals surface area contributed by atoms with E-state index in [4.69, 9.17) is 4.74 Å². The number of hydrogen-bond donors (Lipinski definition) is 1. The summed E-state index contributed by atoms with van der Waals surface area (Å²) in [5, 5.41) is 26.4. The van der Waals surface area contributed by atoms with Crippen molar-refractivity contribution in [1.29, 1.82) is 0 Å². The summed E-state index contributed by atoms with van der Waals surface area (Å²) in [7, 11) is 0. The summed E-state index contributed by atoms with van der Waals surface area (Å²) in [4.78, 5) is 26.7. The molecule has 0 saturated carbocycles. The minimum atomic E-state index is -4.04. The number of halogens is 3. The van der Waals surface area contributed by atoms with Crippen LogP contribution in [0.1, 0.15) is 43.1 Å². The van der Waals surface area contributed by atoms with Crippen molar-refractivity contribution < 1.29 is 23.0 Å². The van der Waals surface area contributed by atoms with Crippen molar-refractivity contribution in [2.24, 2.45) is 0 Å². The number of ether oxygens (including phenoxy) is 1. The van der Waals surface area contributed by atoms with E-state index in [9.17, 15) is 14.3 Å². The molecule has 17 heteroatoms. The van der Waals surface area contributed by atoms with Gasteiger partial charge in [-0.3, -0.25) is 4.98 Å². The molecular formula is C44H44F3N11O3. The molecule has 1 fully saturated rings. The van der Waals surface area contributed by atoms with Crippen molar-refractivity contribution in [1.82, 2.24) is 44.5 Å². The van der Waals surface area contributed by atoms with Crippen LogP contribution in [-0.2, 0) is 29.4 Å². The minimum Gasteiger partial charge on any atom is -0.377 e. The zero-order valence-corrected chi connectivity index (χ0v) is 33.5. The molecule has 1 saturated heterocycles. The summed E-state index contributed by atoms with van der Waals surface area (Å²) >= 11 is 0. The van der Waals surface area contributed by atoms with E-state index in [2.05, 4.69) is 40.4 Å². The lowest BCUT2D eigenvalue weighted by atomic mass is 9.84. The van der Waals surface area contributed by atoms with E-state index >= 15 is 8.78 Å². The van der Waals surface area contributed by atoms with E-state index in [1.807, 2.05) is 80.6 Å². The Balaban J connectivity index is 0.883. The summed E-state index contributed by atoms with van der Waals surface area (Å²) in [6.07, 6.45) is 6.08. The fourth-order valence-electron chi connectivity index (χ4n) is 7.71. The molecule has 0 radical (unpaired) electrons. The second-order valence-corrected chi connectivity index (χ2v) is 15.0. The van der Waals surface area contributed by atoms with E-state index in [0.717, 1.165) is 77.9 Å². The van der Waals surface area contributed by atoms with Gasteiger partial charge in [-0.1, -0.05) is 73.7 Å². The Hall–Kier alpha value is -6.72. The molecule has 0 spiro atoms. The molecule has 0 unspecified atom stereocenters. The van der Waals surface area contributed by atoms with Crippen LogP contribution in [0.15, 0.2) is 133 Å². The highest BCUT2D eigenvalue weighted by atomic mass is 19.3. The third-order valence-electron chi connectivity index (χ3n) is 11.2. The number of aromatic nitrogens is 9. The number of piperazine rings is 1. The predicted octanol–water partition coefficient (Wildman–Crippen LogP) is 6.18. The van der Waals surface area contributed by atoms with Gasteiger partial charge in [0.05, 0.1) is 37.2 Å². The lowest BCUT2D eigenvalue weighted by molar-refractivity contribution is -0.207. The lowest BCUT2D eigenvalue weighted by Gasteiger charge is -2.37. The number of anilines is 2. The second-order valence-electron chi connectivity index (χ2n) is 15.0. The lowest BCUT2D eigenvalue weighted by Crippen LogP contribution is -2.48. The number of alkyl halides is 2. The number of rotatable bonds is 15. The predicted molar refractivity (Wildman–Crippen MR) is 222 cm³/mol. The molecule has 1 aliphatic rings. The largest absolute Gasteiger partial charge is 0.377 e. The van der Waals surface area contributed by atoms with E-state index in [1.165, 1.54) is 40.0 Å². The van der Waals surface area contributed by atoms with E-state index < -0.39 is 35.1 Å². The van der Waals surface area contributed by atoms with Gasteiger partial charge < -0.3 is 19.6 Å². The smallest absolute Gasteiger partial charge is 0.351 e. The minimum absolute atomic E-state index is 0.238. The molecule has 3 atom stereocenters. The van der Waals surface area contributed by atoms with Crippen LogP contribution in [0.5, 0.6) is 0 Å². The fraction of sp³-hybridized carbons (Fsp3) is 0.295. The molecular weight excluding hydrogens is 788 g/mol. The van der Waals surface area contributed by atoms with E-state index in [-0.39, 0.29) is 17.8 Å². The summed E-state index contributed by atoms with van der Waals surface area (Å²) < 4.78 is 57.3. The van der Waals surface area contributed by atoms with Crippen LogP contribution in [0.4, 0.5) is 24.5 Å². The van der Waals surface area contributed by atoms with Crippen molar-refractivity contribution >= 4 is 11.4 Å². The van der Waals surface area contributed by atoms with Gasteiger partial charge in [0, 0.05) is 49.2 Å². The van der Waals surface area contributed by atoms with Crippen molar-refractivity contribution in [3.05, 3.63) is 161 Å². The van der Waals surface area contributed by atoms with Crippen molar-refractivity contribution in [2.45, 2.75) is 57.1 Å². The average Bonchev–Trinajstić information content (AvgIpc) is 3.96. The van der Waals surface area contributed by atoms with Crippen molar-refractivity contribution in [2.75, 3.05) is 36.0 Å². The molecule has 1 aliphatic heterocycles. The third kappa shape index (κ3) is 8.38. The molecule has 3 aromatic carbocycles. The van der Waals surface area contributed by atoms with Gasteiger partial charge in [-0.05, 0) is 71.3 Å². The monoisotopic (exact) mass is 831 g/mol. The Morgan fingerprint density at radius 2 is 1.49 bits per heavy atom. The normalized spacial score (nSPS) is 15.4. The molecule has 61 heavy (non-hydrogen) atoms. The van der Waals surface area contributed by atoms with Gasteiger partial charge in [-0.2, -0.15) is 13.9 Å². The molecule has 8 rings (SSSR count). The van der Waals surface area contributed by atoms with Gasteiger partial charge in [0.2, 0.25) is 0 Å². The summed E-state index contributed by atoms with van der Waals surface area (Å²) in [6.45, 7) is 6.57. The summed E-state index contributed by atoms with van der Waals surface area (Å²) in [5.74, 6) is -4.56. The highest BCUT2D eigenvalue weighted by Crippen LogP contribution is 2.46. The van der Waals surface area contributed by atoms with Crippen LogP contribution in [0.25, 0.3) is 16.9 Å². The first-order valence-electron chi connectivity index (χ1n) is 20.0. The molecule has 0 bridgehead atoms. The van der Waals surface area contributed by atoms with Gasteiger partial charge in [0.15, 0.2) is 5.60 Å². The number of benzene rings is 3. The van der Waals surface area contributed by atoms with Gasteiger partial charge in [-0.25, -0.2) is 28.1 Å². The topological polar surface area (TPSA) is 145 Å². The van der Waals surface area contributed by atoms with Crippen molar-refractivity contribution in [3.63, 3.8) is 0 Å². The van der Waals surface area contributed by atoms with Crippen molar-refractivity contribution in [3.8, 4) is 16.9 Å². The summed E-state index contributed by atoms with van der Waals surface area (Å²) in [5.41, 5.74) is -0.328. The van der Waals surface area contributed by atoms with Crippen LogP contribution >= 0.6 is 0 Å². The van der Waals surface area contributed by atoms with Gasteiger partial charge in [0.25, 0.3) is 0 Å². The van der Waals surface area contributed by atoms with E-state index in [1.54, 1.807) is 6.20 Å². The zero-order chi connectivity index (χ0) is 42.6. The molecule has 5 heterocycles. The molecule has 4 aromatic heterocycles. The highest BCUT2D eigenvalue weighted by Gasteiger charge is 2.57. The highest BCUT2D eigenvalue weighted by molar-refractivity contribution is 5.66. The maximum absolute atomic E-state index is 16.2. The Morgan fingerprint density at radius 3 is 2.13 bits per heavy atom. The third-order valence-corrected chi connectivity index (χ3v) is 11.2. The van der Waals surface area contributed by atoms with E-state index in [0.29, 0.717) is 24.4 Å². The number of aliphatic hydroxyl groups is 1. The molecule has 0 aliphatic carbocycles. The first kappa shape index (κ1) is 41.0. The second kappa shape index (κ2) is 17.5. The maximum Gasteiger partial charge on any atom is 0.351 e. The Kier molecular flexibility index (Phi) is 11.8. The first-order chi connectivity index (χ1) is 29.6. The molecule has 1 N–H and O–H groups in total. The number of tetrazole rings is 1. The average molecular weight is 832 g/mol.